The summed E-state index contributed by atoms with van der Waals surface area (Å²) >= 11 is 0. The fourth-order valence-electron chi connectivity index (χ4n) is 3.36. The fraction of sp³-hybridized carbons (Fsp3) is 0.316. The number of methoxy groups -OCH3 is 1. The van der Waals surface area contributed by atoms with Crippen molar-refractivity contribution in [1.29, 1.82) is 0 Å². The van der Waals surface area contributed by atoms with Gasteiger partial charge in [0.05, 0.1) is 7.11 Å². The van der Waals surface area contributed by atoms with Gasteiger partial charge in [-0.3, -0.25) is 4.79 Å². The van der Waals surface area contributed by atoms with Crippen LogP contribution in [0.25, 0.3) is 0 Å². The van der Waals surface area contributed by atoms with E-state index in [1.54, 1.807) is 12.0 Å². The molecule has 0 spiro atoms. The first kappa shape index (κ1) is 17.2. The second-order valence-electron chi connectivity index (χ2n) is 6.09. The standard InChI is InChI=1S/C19H19F2NO3/c1-25-17-7-3-2-5-12(17)9-14-6-4-8-22(14)19(24)18-15(21)10-13(20)11-16(18)23/h2-3,5,7,10-11,14,23H,4,6,8-9H2,1H3/t14-/m0/s1. The highest BCUT2D eigenvalue weighted by Gasteiger charge is 2.33. The molecule has 2 aromatic carbocycles. The maximum atomic E-state index is 14.0. The van der Waals surface area contributed by atoms with E-state index >= 15 is 0 Å². The molecule has 1 N–H and O–H groups in total. The number of carbonyl (C=O) groups excluding carboxylic acids is 1. The predicted molar refractivity (Wildman–Crippen MR) is 88.8 cm³/mol. The van der Waals surface area contributed by atoms with Crippen LogP contribution in [0.15, 0.2) is 36.4 Å². The van der Waals surface area contributed by atoms with Gasteiger partial charge in [0.25, 0.3) is 5.91 Å². The summed E-state index contributed by atoms with van der Waals surface area (Å²) < 4.78 is 32.5. The van der Waals surface area contributed by atoms with Gasteiger partial charge in [-0.25, -0.2) is 8.78 Å². The Morgan fingerprint density at radius 3 is 2.80 bits per heavy atom. The summed E-state index contributed by atoms with van der Waals surface area (Å²) in [5.41, 5.74) is 0.479. The van der Waals surface area contributed by atoms with E-state index in [4.69, 9.17) is 4.74 Å². The Kier molecular flexibility index (Phi) is 4.88. The molecule has 1 fully saturated rings. The molecule has 1 aliphatic rings. The lowest BCUT2D eigenvalue weighted by molar-refractivity contribution is 0.0728. The van der Waals surface area contributed by atoms with E-state index in [9.17, 15) is 18.7 Å². The molecule has 0 radical (unpaired) electrons. The van der Waals surface area contributed by atoms with Crippen LogP contribution in [0, 0.1) is 11.6 Å². The van der Waals surface area contributed by atoms with Crippen LogP contribution in [0.2, 0.25) is 0 Å². The molecule has 6 heteroatoms. The lowest BCUT2D eigenvalue weighted by atomic mass is 10.0. The first-order chi connectivity index (χ1) is 12.0. The molecule has 0 saturated carbocycles. The molecule has 1 saturated heterocycles. The van der Waals surface area contributed by atoms with Gasteiger partial charge < -0.3 is 14.7 Å². The van der Waals surface area contributed by atoms with Crippen molar-refractivity contribution >= 4 is 5.91 Å². The first-order valence-corrected chi connectivity index (χ1v) is 8.12. The number of halogens is 2. The monoisotopic (exact) mass is 347 g/mol. The molecule has 3 rings (SSSR count). The van der Waals surface area contributed by atoms with Crippen molar-refractivity contribution in [2.45, 2.75) is 25.3 Å². The largest absolute Gasteiger partial charge is 0.507 e. The molecule has 4 nitrogen and oxygen atoms in total. The number of carbonyl (C=O) groups is 1. The smallest absolute Gasteiger partial charge is 0.260 e. The quantitative estimate of drug-likeness (QED) is 0.921. The minimum Gasteiger partial charge on any atom is -0.507 e. The number of para-hydroxylation sites is 1. The molecule has 132 valence electrons. The maximum Gasteiger partial charge on any atom is 0.260 e. The van der Waals surface area contributed by atoms with Gasteiger partial charge in [0.15, 0.2) is 0 Å². The van der Waals surface area contributed by atoms with E-state index in [0.717, 1.165) is 30.2 Å². The number of hydrogen-bond acceptors (Lipinski definition) is 3. The number of phenolic OH excluding ortho intramolecular Hbond substituents is 1. The van der Waals surface area contributed by atoms with E-state index in [1.165, 1.54) is 0 Å². The Hall–Kier alpha value is -2.63. The SMILES string of the molecule is COc1ccccc1C[C@@H]1CCCN1C(=O)c1c(O)cc(F)cc1F. The van der Waals surface area contributed by atoms with Gasteiger partial charge >= 0.3 is 0 Å². The predicted octanol–water partition coefficient (Wildman–Crippen LogP) is 3.53. The van der Waals surface area contributed by atoms with Crippen LogP contribution in [-0.2, 0) is 6.42 Å². The Balaban J connectivity index is 1.86. The van der Waals surface area contributed by atoms with Crippen LogP contribution in [0.4, 0.5) is 8.78 Å². The average Bonchev–Trinajstić information content (AvgIpc) is 3.02. The van der Waals surface area contributed by atoms with Crippen LogP contribution >= 0.6 is 0 Å². The Labute approximate surface area is 144 Å². The number of nitrogens with zero attached hydrogens (tertiary/aromatic N) is 1. The lowest BCUT2D eigenvalue weighted by Crippen LogP contribution is -2.37. The third kappa shape index (κ3) is 3.43. The molecule has 0 unspecified atom stereocenters. The number of phenols is 1. The highest BCUT2D eigenvalue weighted by Crippen LogP contribution is 2.30. The maximum absolute atomic E-state index is 14.0. The summed E-state index contributed by atoms with van der Waals surface area (Å²) in [6.45, 7) is 0.467. The summed E-state index contributed by atoms with van der Waals surface area (Å²) in [6, 6.07) is 8.76. The van der Waals surface area contributed by atoms with Crippen LogP contribution in [0.3, 0.4) is 0 Å². The van der Waals surface area contributed by atoms with E-state index < -0.39 is 28.9 Å². The van der Waals surface area contributed by atoms with Crippen molar-refractivity contribution in [3.05, 3.63) is 59.2 Å². The fourth-order valence-corrected chi connectivity index (χ4v) is 3.36. The second-order valence-corrected chi connectivity index (χ2v) is 6.09. The summed E-state index contributed by atoms with van der Waals surface area (Å²) in [4.78, 5) is 14.3. The number of rotatable bonds is 4. The molecule has 1 aliphatic heterocycles. The molecule has 1 amide bonds. The van der Waals surface area contributed by atoms with Gasteiger partial charge in [-0.05, 0) is 30.9 Å². The van der Waals surface area contributed by atoms with Crippen molar-refractivity contribution in [3.8, 4) is 11.5 Å². The number of aromatic hydroxyl groups is 1. The molecule has 25 heavy (non-hydrogen) atoms. The third-order valence-electron chi connectivity index (χ3n) is 4.53. The molecule has 2 aromatic rings. The first-order valence-electron chi connectivity index (χ1n) is 8.12. The normalized spacial score (nSPS) is 16.9. The zero-order valence-corrected chi connectivity index (χ0v) is 13.8. The van der Waals surface area contributed by atoms with Crippen molar-refractivity contribution in [2.24, 2.45) is 0 Å². The lowest BCUT2D eigenvalue weighted by Gasteiger charge is -2.26. The zero-order valence-electron chi connectivity index (χ0n) is 13.8. The van der Waals surface area contributed by atoms with Crippen LogP contribution in [-0.4, -0.2) is 35.6 Å². The van der Waals surface area contributed by atoms with Gasteiger partial charge in [0, 0.05) is 24.7 Å². The molecule has 0 aromatic heterocycles. The van der Waals surface area contributed by atoms with Crippen LogP contribution in [0.5, 0.6) is 11.5 Å². The van der Waals surface area contributed by atoms with Gasteiger partial charge in [-0.2, -0.15) is 0 Å². The highest BCUT2D eigenvalue weighted by atomic mass is 19.1. The summed E-state index contributed by atoms with van der Waals surface area (Å²) in [7, 11) is 1.59. The van der Waals surface area contributed by atoms with Crippen molar-refractivity contribution in [1.82, 2.24) is 4.90 Å². The van der Waals surface area contributed by atoms with E-state index in [2.05, 4.69) is 0 Å². The van der Waals surface area contributed by atoms with Crippen molar-refractivity contribution in [2.75, 3.05) is 13.7 Å². The Morgan fingerprint density at radius 1 is 1.32 bits per heavy atom. The van der Waals surface area contributed by atoms with Crippen LogP contribution < -0.4 is 4.74 Å². The summed E-state index contributed by atoms with van der Waals surface area (Å²) in [5.74, 6) is -2.53. The van der Waals surface area contributed by atoms with Gasteiger partial charge in [0.2, 0.25) is 0 Å². The number of amides is 1. The molecular formula is C19H19F2NO3. The van der Waals surface area contributed by atoms with Crippen molar-refractivity contribution in [3.63, 3.8) is 0 Å². The number of ether oxygens (including phenoxy) is 1. The van der Waals surface area contributed by atoms with E-state index in [-0.39, 0.29) is 6.04 Å². The van der Waals surface area contributed by atoms with Crippen molar-refractivity contribution < 1.29 is 23.4 Å². The van der Waals surface area contributed by atoms with Gasteiger partial charge in [-0.15, -0.1) is 0 Å². The third-order valence-corrected chi connectivity index (χ3v) is 4.53. The highest BCUT2D eigenvalue weighted by molar-refractivity contribution is 5.97. The minimum atomic E-state index is -1.05. The minimum absolute atomic E-state index is 0.132. The number of benzene rings is 2. The Morgan fingerprint density at radius 2 is 2.08 bits per heavy atom. The van der Waals surface area contributed by atoms with E-state index in [0.29, 0.717) is 19.0 Å². The zero-order chi connectivity index (χ0) is 18.0. The Bertz CT molecular complexity index is 771. The van der Waals surface area contributed by atoms with Gasteiger partial charge in [-0.1, -0.05) is 18.2 Å². The summed E-state index contributed by atoms with van der Waals surface area (Å²) in [6.07, 6.45) is 2.13. The number of hydrogen-bond donors (Lipinski definition) is 1. The topological polar surface area (TPSA) is 49.8 Å². The average molecular weight is 347 g/mol. The molecule has 1 heterocycles. The summed E-state index contributed by atoms with van der Waals surface area (Å²) in [5, 5.41) is 9.81. The number of likely N-dealkylation sites (tertiary alicyclic amines) is 1. The van der Waals surface area contributed by atoms with Gasteiger partial charge in [0.1, 0.15) is 28.7 Å². The molecule has 0 aliphatic carbocycles. The van der Waals surface area contributed by atoms with E-state index in [1.807, 2.05) is 24.3 Å². The second kappa shape index (κ2) is 7.09. The molecule has 0 bridgehead atoms. The molecular weight excluding hydrogens is 328 g/mol. The van der Waals surface area contributed by atoms with Crippen LogP contribution in [0.1, 0.15) is 28.8 Å². The molecule has 1 atom stereocenters.